The predicted molar refractivity (Wildman–Crippen MR) is 91.1 cm³/mol. The summed E-state index contributed by atoms with van der Waals surface area (Å²) in [7, 11) is 2.03. The molecule has 0 bridgehead atoms. The smallest absolute Gasteiger partial charge is 0.228 e. The molecule has 0 N–H and O–H groups in total. The number of carbonyl (C=O) groups excluding carboxylic acids is 1. The molecule has 4 heterocycles. The fourth-order valence-corrected chi connectivity index (χ4v) is 4.52. The number of aromatic nitrogens is 2. The minimum Gasteiger partial charge on any atom is -0.342 e. The fraction of sp³-hybridized carbons (Fsp3) is 0.562. The molecule has 23 heavy (non-hydrogen) atoms. The molecule has 1 aromatic rings. The molecule has 0 radical (unpaired) electrons. The summed E-state index contributed by atoms with van der Waals surface area (Å²) in [5, 5.41) is 3.13. The Kier molecular flexibility index (Phi) is 3.88. The van der Waals surface area contributed by atoms with Gasteiger partial charge in [0, 0.05) is 50.7 Å². The summed E-state index contributed by atoms with van der Waals surface area (Å²) in [5.74, 6) is 1.67. The van der Waals surface area contributed by atoms with Crippen LogP contribution in [0, 0.1) is 0 Å². The molecule has 3 aliphatic heterocycles. The number of likely N-dealkylation sites (tertiary alicyclic amines) is 1. The first-order valence-corrected chi connectivity index (χ1v) is 9.03. The Morgan fingerprint density at radius 2 is 2.35 bits per heavy atom. The number of aryl methyl sites for hydroxylation is 1. The molecule has 122 valence electrons. The lowest BCUT2D eigenvalue weighted by Gasteiger charge is -2.33. The van der Waals surface area contributed by atoms with Crippen LogP contribution < -0.4 is 0 Å². The number of rotatable bonds is 3. The van der Waals surface area contributed by atoms with Crippen molar-refractivity contribution in [1.29, 1.82) is 0 Å². The number of piperidine rings is 1. The lowest BCUT2D eigenvalue weighted by atomic mass is 9.96. The number of thioether (sulfide) groups is 1. The van der Waals surface area contributed by atoms with E-state index in [1.165, 1.54) is 0 Å². The highest BCUT2D eigenvalue weighted by Gasteiger charge is 2.31. The van der Waals surface area contributed by atoms with Crippen molar-refractivity contribution in [3.05, 3.63) is 29.3 Å². The summed E-state index contributed by atoms with van der Waals surface area (Å²) in [6.07, 6.45) is 6.46. The Bertz CT molecular complexity index is 680. The summed E-state index contributed by atoms with van der Waals surface area (Å²) in [5.41, 5.74) is 1.11. The summed E-state index contributed by atoms with van der Waals surface area (Å²) < 4.78 is 2.07. The first-order chi connectivity index (χ1) is 11.2. The number of amidine groups is 1. The topological polar surface area (TPSA) is 53.7 Å². The van der Waals surface area contributed by atoms with Crippen molar-refractivity contribution in [2.45, 2.75) is 25.2 Å². The van der Waals surface area contributed by atoms with Gasteiger partial charge < -0.3 is 14.4 Å². The maximum Gasteiger partial charge on any atom is 0.228 e. The third-order valence-corrected chi connectivity index (χ3v) is 5.73. The van der Waals surface area contributed by atoms with Gasteiger partial charge in [-0.25, -0.2) is 4.98 Å². The van der Waals surface area contributed by atoms with Crippen LogP contribution in [0.1, 0.15) is 31.0 Å². The Hall–Kier alpha value is -1.76. The van der Waals surface area contributed by atoms with Crippen molar-refractivity contribution in [2.75, 3.05) is 26.2 Å². The van der Waals surface area contributed by atoms with Gasteiger partial charge in [-0.1, -0.05) is 11.8 Å². The number of imidazole rings is 1. The zero-order chi connectivity index (χ0) is 15.8. The van der Waals surface area contributed by atoms with E-state index in [9.17, 15) is 4.79 Å². The van der Waals surface area contributed by atoms with Gasteiger partial charge in [-0.2, -0.15) is 0 Å². The van der Waals surface area contributed by atoms with Gasteiger partial charge in [0.25, 0.3) is 0 Å². The van der Waals surface area contributed by atoms with Crippen LogP contribution in [0.25, 0.3) is 0 Å². The Balaban J connectivity index is 1.41. The first-order valence-electron chi connectivity index (χ1n) is 8.15. The van der Waals surface area contributed by atoms with E-state index in [0.29, 0.717) is 12.3 Å². The van der Waals surface area contributed by atoms with Crippen LogP contribution in [0.5, 0.6) is 0 Å². The molecule has 1 amide bonds. The highest BCUT2D eigenvalue weighted by atomic mass is 32.2. The van der Waals surface area contributed by atoms with Crippen LogP contribution in [0.3, 0.4) is 0 Å². The molecule has 0 aliphatic carbocycles. The number of hydrogen-bond donors (Lipinski definition) is 0. The molecular weight excluding hydrogens is 310 g/mol. The molecule has 0 spiro atoms. The van der Waals surface area contributed by atoms with Crippen LogP contribution in [0.2, 0.25) is 0 Å². The lowest BCUT2D eigenvalue weighted by molar-refractivity contribution is -0.131. The molecule has 3 aliphatic rings. The molecule has 0 saturated carbocycles. The second-order valence-corrected chi connectivity index (χ2v) is 7.13. The summed E-state index contributed by atoms with van der Waals surface area (Å²) in [6.45, 7) is 3.41. The van der Waals surface area contributed by atoms with Crippen LogP contribution in [-0.2, 0) is 11.8 Å². The molecular formula is C16H21N5OS. The van der Waals surface area contributed by atoms with E-state index >= 15 is 0 Å². The van der Waals surface area contributed by atoms with Crippen LogP contribution in [-0.4, -0.2) is 56.6 Å². The largest absolute Gasteiger partial charge is 0.342 e. The van der Waals surface area contributed by atoms with Gasteiger partial charge >= 0.3 is 0 Å². The first kappa shape index (κ1) is 14.8. The highest BCUT2D eigenvalue weighted by molar-refractivity contribution is 8.16. The monoisotopic (exact) mass is 331 g/mol. The van der Waals surface area contributed by atoms with E-state index < -0.39 is 0 Å². The third kappa shape index (κ3) is 2.78. The SMILES string of the molecule is Cn1ccnc1C1CCCN(C(=O)CC2=CSC3=NCCN23)C1. The van der Waals surface area contributed by atoms with E-state index in [2.05, 4.69) is 24.9 Å². The van der Waals surface area contributed by atoms with Crippen LogP contribution in [0.4, 0.5) is 0 Å². The van der Waals surface area contributed by atoms with E-state index in [0.717, 1.165) is 55.7 Å². The number of fused-ring (bicyclic) bond motifs is 1. The maximum absolute atomic E-state index is 12.7. The van der Waals surface area contributed by atoms with Gasteiger partial charge in [0.15, 0.2) is 5.17 Å². The van der Waals surface area contributed by atoms with Gasteiger partial charge in [-0.15, -0.1) is 0 Å². The van der Waals surface area contributed by atoms with Crippen molar-refractivity contribution in [3.63, 3.8) is 0 Å². The average molecular weight is 331 g/mol. The van der Waals surface area contributed by atoms with Gasteiger partial charge in [0.1, 0.15) is 5.82 Å². The maximum atomic E-state index is 12.7. The Labute approximate surface area is 140 Å². The van der Waals surface area contributed by atoms with Crippen LogP contribution in [0.15, 0.2) is 28.5 Å². The number of aliphatic imine (C=N–C) groups is 1. The summed E-state index contributed by atoms with van der Waals surface area (Å²) in [6, 6.07) is 0. The number of nitrogens with zero attached hydrogens (tertiary/aromatic N) is 5. The van der Waals surface area contributed by atoms with Crippen molar-refractivity contribution < 1.29 is 4.79 Å². The van der Waals surface area contributed by atoms with E-state index in [1.807, 2.05) is 24.3 Å². The zero-order valence-electron chi connectivity index (χ0n) is 13.3. The molecule has 0 aromatic carbocycles. The molecule has 1 aromatic heterocycles. The standard InChI is InChI=1S/C16H21N5OS/c1-19-7-4-17-15(19)12-3-2-6-20(10-12)14(22)9-13-11-23-16-18-5-8-21(13)16/h4,7,11-12H,2-3,5-6,8-10H2,1H3. The number of hydrogen-bond acceptors (Lipinski definition) is 5. The second kappa shape index (κ2) is 6.03. The van der Waals surface area contributed by atoms with Gasteiger partial charge in [0.05, 0.1) is 13.0 Å². The van der Waals surface area contributed by atoms with Crippen molar-refractivity contribution in [1.82, 2.24) is 19.4 Å². The normalized spacial score (nSPS) is 23.8. The third-order valence-electron chi connectivity index (χ3n) is 4.78. The fourth-order valence-electron chi connectivity index (χ4n) is 3.57. The minimum absolute atomic E-state index is 0.226. The van der Waals surface area contributed by atoms with Crippen molar-refractivity contribution in [3.8, 4) is 0 Å². The van der Waals surface area contributed by atoms with Crippen molar-refractivity contribution in [2.24, 2.45) is 12.0 Å². The molecule has 7 heteroatoms. The predicted octanol–water partition coefficient (Wildman–Crippen LogP) is 1.78. The van der Waals surface area contributed by atoms with Gasteiger partial charge in [-0.3, -0.25) is 9.79 Å². The van der Waals surface area contributed by atoms with Gasteiger partial charge in [0.2, 0.25) is 5.91 Å². The van der Waals surface area contributed by atoms with Crippen LogP contribution >= 0.6 is 11.8 Å². The number of amides is 1. The average Bonchev–Trinajstić information content (AvgIpc) is 3.26. The second-order valence-electron chi connectivity index (χ2n) is 6.30. The van der Waals surface area contributed by atoms with E-state index in [4.69, 9.17) is 0 Å². The van der Waals surface area contributed by atoms with Gasteiger partial charge in [-0.05, 0) is 18.2 Å². The number of carbonyl (C=O) groups is 1. The zero-order valence-corrected chi connectivity index (χ0v) is 14.1. The van der Waals surface area contributed by atoms with E-state index in [-0.39, 0.29) is 5.91 Å². The molecule has 1 atom stereocenters. The molecule has 6 nitrogen and oxygen atoms in total. The molecule has 4 rings (SSSR count). The quantitative estimate of drug-likeness (QED) is 0.847. The molecule has 1 unspecified atom stereocenters. The summed E-state index contributed by atoms with van der Waals surface area (Å²) >= 11 is 1.64. The van der Waals surface area contributed by atoms with E-state index in [1.54, 1.807) is 11.8 Å². The van der Waals surface area contributed by atoms with Crippen molar-refractivity contribution >= 4 is 22.8 Å². The lowest BCUT2D eigenvalue weighted by Crippen LogP contribution is -2.40. The summed E-state index contributed by atoms with van der Waals surface area (Å²) in [4.78, 5) is 25.8. The Morgan fingerprint density at radius 3 is 3.17 bits per heavy atom. The Morgan fingerprint density at radius 1 is 1.43 bits per heavy atom. The molecule has 1 fully saturated rings. The highest BCUT2D eigenvalue weighted by Crippen LogP contribution is 2.32. The molecule has 1 saturated heterocycles. The minimum atomic E-state index is 0.226.